The molecule has 0 fully saturated rings. The fourth-order valence-electron chi connectivity index (χ4n) is 2.93. The molecule has 102 valence electrons. The molecule has 0 saturated carbocycles. The SMILES string of the molecule is Cc1cccc2c1sc1ccc(Cc3ccccc3)cc12. The van der Waals surface area contributed by atoms with E-state index >= 15 is 0 Å². The van der Waals surface area contributed by atoms with Gasteiger partial charge in [-0.1, -0.05) is 54.6 Å². The van der Waals surface area contributed by atoms with E-state index in [9.17, 15) is 0 Å². The summed E-state index contributed by atoms with van der Waals surface area (Å²) in [5, 5.41) is 2.79. The van der Waals surface area contributed by atoms with Crippen LogP contribution in [0.3, 0.4) is 0 Å². The summed E-state index contributed by atoms with van der Waals surface area (Å²) in [6.45, 7) is 2.20. The molecule has 1 heteroatoms. The Kier molecular flexibility index (Phi) is 3.01. The molecule has 0 aliphatic heterocycles. The quantitative estimate of drug-likeness (QED) is 0.427. The highest BCUT2D eigenvalue weighted by atomic mass is 32.1. The minimum absolute atomic E-state index is 1.000. The van der Waals surface area contributed by atoms with Gasteiger partial charge in [0.1, 0.15) is 0 Å². The van der Waals surface area contributed by atoms with Crippen molar-refractivity contribution in [3.05, 3.63) is 83.4 Å². The van der Waals surface area contributed by atoms with Crippen molar-refractivity contribution in [1.29, 1.82) is 0 Å². The molecule has 0 N–H and O–H groups in total. The van der Waals surface area contributed by atoms with Crippen LogP contribution in [0.25, 0.3) is 20.2 Å². The van der Waals surface area contributed by atoms with Gasteiger partial charge in [-0.3, -0.25) is 0 Å². The number of hydrogen-bond donors (Lipinski definition) is 0. The van der Waals surface area contributed by atoms with E-state index in [0.29, 0.717) is 0 Å². The maximum Gasteiger partial charge on any atom is 0.0384 e. The standard InChI is InChI=1S/C20H16S/c1-14-6-5-9-17-18-13-16(10-11-19(18)21-20(14)17)12-15-7-3-2-4-8-15/h2-11,13H,12H2,1H3. The highest BCUT2D eigenvalue weighted by Crippen LogP contribution is 2.36. The normalized spacial score (nSPS) is 11.3. The predicted molar refractivity (Wildman–Crippen MR) is 93.3 cm³/mol. The molecule has 3 aromatic carbocycles. The minimum atomic E-state index is 1.000. The molecule has 21 heavy (non-hydrogen) atoms. The van der Waals surface area contributed by atoms with Crippen molar-refractivity contribution < 1.29 is 0 Å². The molecular formula is C20H16S. The Labute approximate surface area is 128 Å². The van der Waals surface area contributed by atoms with Crippen LogP contribution < -0.4 is 0 Å². The molecule has 0 bridgehead atoms. The predicted octanol–water partition coefficient (Wildman–Crippen LogP) is 5.95. The van der Waals surface area contributed by atoms with Crippen molar-refractivity contribution >= 4 is 31.5 Å². The third-order valence-corrected chi connectivity index (χ3v) is 5.33. The topological polar surface area (TPSA) is 0 Å². The Morgan fingerprint density at radius 1 is 0.762 bits per heavy atom. The first-order valence-corrected chi connectivity index (χ1v) is 8.07. The van der Waals surface area contributed by atoms with Crippen LogP contribution in [-0.2, 0) is 6.42 Å². The molecule has 0 unspecified atom stereocenters. The second-order valence-corrected chi connectivity index (χ2v) is 6.60. The average Bonchev–Trinajstić information content (AvgIpc) is 2.88. The van der Waals surface area contributed by atoms with Gasteiger partial charge in [0.2, 0.25) is 0 Å². The van der Waals surface area contributed by atoms with Crippen LogP contribution in [-0.4, -0.2) is 0 Å². The molecule has 0 radical (unpaired) electrons. The molecule has 0 saturated heterocycles. The Balaban J connectivity index is 1.85. The van der Waals surface area contributed by atoms with Crippen molar-refractivity contribution in [1.82, 2.24) is 0 Å². The summed E-state index contributed by atoms with van der Waals surface area (Å²) in [6, 6.07) is 24.2. The summed E-state index contributed by atoms with van der Waals surface area (Å²) in [5.41, 5.74) is 4.13. The van der Waals surface area contributed by atoms with Crippen molar-refractivity contribution in [3.8, 4) is 0 Å². The molecule has 0 nitrogen and oxygen atoms in total. The van der Waals surface area contributed by atoms with E-state index in [1.807, 2.05) is 11.3 Å². The zero-order valence-electron chi connectivity index (χ0n) is 12.0. The van der Waals surface area contributed by atoms with E-state index in [0.717, 1.165) is 6.42 Å². The number of benzene rings is 3. The molecule has 0 spiro atoms. The van der Waals surface area contributed by atoms with Gasteiger partial charge in [-0.05, 0) is 42.2 Å². The fourth-order valence-corrected chi connectivity index (χ4v) is 4.08. The average molecular weight is 288 g/mol. The van der Waals surface area contributed by atoms with Gasteiger partial charge >= 0.3 is 0 Å². The summed E-state index contributed by atoms with van der Waals surface area (Å²) < 4.78 is 2.81. The van der Waals surface area contributed by atoms with Gasteiger partial charge in [0.25, 0.3) is 0 Å². The van der Waals surface area contributed by atoms with Crippen LogP contribution in [0.1, 0.15) is 16.7 Å². The van der Waals surface area contributed by atoms with E-state index < -0.39 is 0 Å². The first-order valence-electron chi connectivity index (χ1n) is 7.26. The van der Waals surface area contributed by atoms with E-state index in [-0.39, 0.29) is 0 Å². The van der Waals surface area contributed by atoms with Crippen LogP contribution in [0, 0.1) is 6.92 Å². The zero-order chi connectivity index (χ0) is 14.2. The molecule has 0 aliphatic rings. The third-order valence-electron chi connectivity index (χ3n) is 4.01. The number of hydrogen-bond acceptors (Lipinski definition) is 1. The lowest BCUT2D eigenvalue weighted by molar-refractivity contribution is 1.20. The summed E-state index contributed by atoms with van der Waals surface area (Å²) in [7, 11) is 0. The van der Waals surface area contributed by atoms with E-state index in [1.54, 1.807) is 0 Å². The van der Waals surface area contributed by atoms with Crippen molar-refractivity contribution in [2.75, 3.05) is 0 Å². The Morgan fingerprint density at radius 2 is 1.62 bits per heavy atom. The third kappa shape index (κ3) is 2.24. The molecule has 0 amide bonds. The fraction of sp³-hybridized carbons (Fsp3) is 0.100. The maximum atomic E-state index is 2.36. The van der Waals surface area contributed by atoms with Crippen molar-refractivity contribution in [2.45, 2.75) is 13.3 Å². The summed E-state index contributed by atoms with van der Waals surface area (Å²) in [5.74, 6) is 0. The molecule has 4 rings (SSSR count). The van der Waals surface area contributed by atoms with Crippen molar-refractivity contribution in [3.63, 3.8) is 0 Å². The monoisotopic (exact) mass is 288 g/mol. The van der Waals surface area contributed by atoms with Gasteiger partial charge in [0.15, 0.2) is 0 Å². The van der Waals surface area contributed by atoms with Gasteiger partial charge in [-0.2, -0.15) is 0 Å². The van der Waals surface area contributed by atoms with Crippen LogP contribution >= 0.6 is 11.3 Å². The molecular weight excluding hydrogens is 272 g/mol. The van der Waals surface area contributed by atoms with Gasteiger partial charge in [0, 0.05) is 20.2 Å². The van der Waals surface area contributed by atoms with E-state index in [1.165, 1.54) is 36.9 Å². The van der Waals surface area contributed by atoms with Crippen molar-refractivity contribution in [2.24, 2.45) is 0 Å². The molecule has 4 aromatic rings. The summed E-state index contributed by atoms with van der Waals surface area (Å²) in [4.78, 5) is 0. The first-order chi connectivity index (χ1) is 10.3. The first kappa shape index (κ1) is 12.6. The van der Waals surface area contributed by atoms with Crippen LogP contribution in [0.5, 0.6) is 0 Å². The lowest BCUT2D eigenvalue weighted by atomic mass is 10.0. The Bertz CT molecular complexity index is 917. The highest BCUT2D eigenvalue weighted by molar-refractivity contribution is 7.26. The Morgan fingerprint density at radius 3 is 2.48 bits per heavy atom. The minimum Gasteiger partial charge on any atom is -0.135 e. The lowest BCUT2D eigenvalue weighted by Gasteiger charge is -2.02. The second-order valence-electron chi connectivity index (χ2n) is 5.55. The number of aryl methyl sites for hydroxylation is 1. The molecule has 1 heterocycles. The van der Waals surface area contributed by atoms with Crippen LogP contribution in [0.2, 0.25) is 0 Å². The van der Waals surface area contributed by atoms with Gasteiger partial charge in [-0.15, -0.1) is 11.3 Å². The van der Waals surface area contributed by atoms with E-state index in [2.05, 4.69) is 73.7 Å². The second kappa shape index (κ2) is 5.01. The van der Waals surface area contributed by atoms with Gasteiger partial charge in [0.05, 0.1) is 0 Å². The maximum absolute atomic E-state index is 2.36. The number of rotatable bonds is 2. The molecule has 0 atom stereocenters. The lowest BCUT2D eigenvalue weighted by Crippen LogP contribution is -1.86. The summed E-state index contributed by atoms with van der Waals surface area (Å²) in [6.07, 6.45) is 1.000. The van der Waals surface area contributed by atoms with Gasteiger partial charge in [-0.25, -0.2) is 0 Å². The van der Waals surface area contributed by atoms with E-state index in [4.69, 9.17) is 0 Å². The Hall–Kier alpha value is -2.12. The molecule has 0 aliphatic carbocycles. The number of fused-ring (bicyclic) bond motifs is 3. The zero-order valence-corrected chi connectivity index (χ0v) is 12.8. The van der Waals surface area contributed by atoms with Crippen LogP contribution in [0.15, 0.2) is 66.7 Å². The summed E-state index contributed by atoms with van der Waals surface area (Å²) >= 11 is 1.90. The largest absolute Gasteiger partial charge is 0.135 e. The molecule has 1 aromatic heterocycles. The smallest absolute Gasteiger partial charge is 0.0384 e. The van der Waals surface area contributed by atoms with Gasteiger partial charge < -0.3 is 0 Å². The van der Waals surface area contributed by atoms with Crippen LogP contribution in [0.4, 0.5) is 0 Å². The number of thiophene rings is 1. The highest BCUT2D eigenvalue weighted by Gasteiger charge is 2.07.